The van der Waals surface area contributed by atoms with E-state index in [0.29, 0.717) is 13.1 Å². The zero-order valence-corrected chi connectivity index (χ0v) is 36.5. The molecule has 0 bridgehead atoms. The predicted octanol–water partition coefficient (Wildman–Crippen LogP) is 6.85. The summed E-state index contributed by atoms with van der Waals surface area (Å²) in [5.41, 5.74) is 5.44. The van der Waals surface area contributed by atoms with Crippen molar-refractivity contribution in [2.45, 2.75) is 103 Å². The molecule has 14 nitrogen and oxygen atoms in total. The van der Waals surface area contributed by atoms with Crippen LogP contribution < -0.4 is 10.6 Å². The monoisotopic (exact) mass is 840 g/mol. The number of aromatic nitrogens is 4. The zero-order valence-electron chi connectivity index (χ0n) is 36.5. The van der Waals surface area contributed by atoms with Crippen LogP contribution in [0.4, 0.5) is 9.59 Å². The van der Waals surface area contributed by atoms with E-state index in [9.17, 15) is 19.2 Å². The molecular formula is C48H60N10O4. The molecule has 14 heteroatoms. The molecule has 4 aliphatic rings. The summed E-state index contributed by atoms with van der Waals surface area (Å²) in [5.74, 6) is 7.87. The topological polar surface area (TPSA) is 163 Å². The quantitative estimate of drug-likeness (QED) is 0.128. The van der Waals surface area contributed by atoms with Gasteiger partial charge in [-0.05, 0) is 98.6 Å². The van der Waals surface area contributed by atoms with Gasteiger partial charge in [0.05, 0.1) is 35.9 Å². The van der Waals surface area contributed by atoms with Crippen LogP contribution in [0.1, 0.15) is 114 Å². The second kappa shape index (κ2) is 18.9. The van der Waals surface area contributed by atoms with Crippen LogP contribution in [-0.4, -0.2) is 115 Å². The maximum Gasteiger partial charge on any atom is 0.318 e. The molecule has 6 heterocycles. The van der Waals surface area contributed by atoms with Gasteiger partial charge >= 0.3 is 12.1 Å². The molecule has 4 N–H and O–H groups in total. The van der Waals surface area contributed by atoms with Crippen molar-refractivity contribution < 1.29 is 19.2 Å². The molecule has 8 rings (SSSR count). The summed E-state index contributed by atoms with van der Waals surface area (Å²) in [4.78, 5) is 77.3. The maximum absolute atomic E-state index is 13.9. The van der Waals surface area contributed by atoms with Crippen LogP contribution in [0.3, 0.4) is 0 Å². The molecule has 0 spiro atoms. The molecule has 4 fully saturated rings. The largest absolute Gasteiger partial charge is 0.340 e. The van der Waals surface area contributed by atoms with Crippen LogP contribution >= 0.6 is 0 Å². The van der Waals surface area contributed by atoms with Crippen LogP contribution in [0.2, 0.25) is 0 Å². The number of urea groups is 2. The molecule has 2 aromatic heterocycles. The van der Waals surface area contributed by atoms with Crippen molar-refractivity contribution in [3.8, 4) is 34.4 Å². The number of benzene rings is 2. The fraction of sp³-hybridized carbons (Fsp3) is 0.500. The van der Waals surface area contributed by atoms with Gasteiger partial charge in [0.1, 0.15) is 23.7 Å². The van der Waals surface area contributed by atoms with E-state index in [0.717, 1.165) is 123 Å². The third kappa shape index (κ3) is 9.37. The van der Waals surface area contributed by atoms with Crippen LogP contribution in [-0.2, 0) is 9.59 Å². The number of nitrogens with zero attached hydrogens (tertiary/aromatic N) is 6. The Morgan fingerprint density at radius 3 is 1.29 bits per heavy atom. The fourth-order valence-electron chi connectivity index (χ4n) is 9.22. The molecule has 4 saturated heterocycles. The van der Waals surface area contributed by atoms with E-state index in [4.69, 9.17) is 9.97 Å². The Labute approximate surface area is 364 Å². The van der Waals surface area contributed by atoms with Gasteiger partial charge in [-0.15, -0.1) is 0 Å². The van der Waals surface area contributed by atoms with E-state index in [1.165, 1.54) is 0 Å². The summed E-state index contributed by atoms with van der Waals surface area (Å²) in [7, 11) is 0. The first-order valence-corrected chi connectivity index (χ1v) is 22.6. The lowest BCUT2D eigenvalue weighted by Crippen LogP contribution is -2.54. The van der Waals surface area contributed by atoms with Crippen LogP contribution in [0.5, 0.6) is 0 Å². The standard InChI is InChI=1S/C48H60N10O4/c1-31(2)41(53-47(61)55-23-5-6-24-55)45(59)57-27-9-11-39(57)43-49-29-37(51-43)35-19-15-33(16-20-35)13-14-34-17-21-36(22-18-34)38-30-50-44(52-38)40-12-10-28-58(40)46(60)42(32(3)4)54-48(62)56-25-7-8-26-56/h15-22,29-32,39-42H,5-12,23-28H2,1-4H3,(H,49,51)(H,50,52)(H,53,61)(H,54,62). The molecular weight excluding hydrogens is 781 g/mol. The number of aromatic amines is 2. The van der Waals surface area contributed by atoms with Gasteiger partial charge in [-0.1, -0.05) is 63.8 Å². The Balaban J connectivity index is 0.871. The highest BCUT2D eigenvalue weighted by molar-refractivity contribution is 5.88. The zero-order chi connectivity index (χ0) is 43.3. The molecule has 4 aromatic rings. The van der Waals surface area contributed by atoms with E-state index >= 15 is 0 Å². The van der Waals surface area contributed by atoms with E-state index in [-0.39, 0.29) is 47.8 Å². The minimum Gasteiger partial charge on any atom is -0.340 e. The fourth-order valence-corrected chi connectivity index (χ4v) is 9.22. The van der Waals surface area contributed by atoms with Gasteiger partial charge in [-0.25, -0.2) is 19.6 Å². The molecule has 0 saturated carbocycles. The average molecular weight is 841 g/mol. The van der Waals surface area contributed by atoms with Crippen molar-refractivity contribution in [1.29, 1.82) is 0 Å². The third-order valence-corrected chi connectivity index (χ3v) is 12.8. The number of imidazole rings is 2. The molecule has 4 unspecified atom stereocenters. The summed E-state index contributed by atoms with van der Waals surface area (Å²) >= 11 is 0. The number of amides is 6. The number of carbonyl (C=O) groups is 4. The second-order valence-electron chi connectivity index (χ2n) is 17.9. The number of likely N-dealkylation sites (tertiary alicyclic amines) is 4. The molecule has 4 aliphatic heterocycles. The van der Waals surface area contributed by atoms with Crippen LogP contribution in [0, 0.1) is 23.7 Å². The number of hydrogen-bond donors (Lipinski definition) is 4. The Hall–Kier alpha value is -6.10. The summed E-state index contributed by atoms with van der Waals surface area (Å²) in [6.45, 7) is 12.1. The van der Waals surface area contributed by atoms with Crippen molar-refractivity contribution in [3.63, 3.8) is 0 Å². The highest BCUT2D eigenvalue weighted by Crippen LogP contribution is 2.34. The van der Waals surface area contributed by atoms with E-state index < -0.39 is 12.1 Å². The predicted molar refractivity (Wildman–Crippen MR) is 237 cm³/mol. The van der Waals surface area contributed by atoms with Gasteiger partial charge < -0.3 is 40.2 Å². The van der Waals surface area contributed by atoms with Gasteiger partial charge in [0.2, 0.25) is 11.8 Å². The number of H-pyrrole nitrogens is 2. The average Bonchev–Trinajstić information content (AvgIpc) is 4.13. The summed E-state index contributed by atoms with van der Waals surface area (Å²) in [6.07, 6.45) is 11.0. The van der Waals surface area contributed by atoms with Crippen LogP contribution in [0.25, 0.3) is 22.5 Å². The maximum atomic E-state index is 13.9. The summed E-state index contributed by atoms with van der Waals surface area (Å²) in [5, 5.41) is 6.06. The SMILES string of the molecule is CC(C)C(NC(=O)N1CCCC1)C(=O)N1CCCC1c1ncc(-c2ccc(C#Cc3ccc(-c4cnc(C5CCCN5C(=O)C(NC(=O)N5CCCC5)C(C)C)[nH]4)cc3)cc2)[nH]1. The van der Waals surface area contributed by atoms with Crippen molar-refractivity contribution in [1.82, 2.24) is 50.2 Å². The normalized spacial score (nSPS) is 19.8. The number of nitrogens with one attached hydrogen (secondary N) is 4. The van der Waals surface area contributed by atoms with Gasteiger partial charge in [0.25, 0.3) is 0 Å². The minimum absolute atomic E-state index is 0.0420. The molecule has 2 aromatic carbocycles. The molecule has 4 atom stereocenters. The molecule has 0 radical (unpaired) electrons. The Kier molecular flexibility index (Phi) is 13.0. The molecule has 6 amide bonds. The lowest BCUT2D eigenvalue weighted by molar-refractivity contribution is -0.136. The minimum atomic E-state index is -0.590. The Morgan fingerprint density at radius 1 is 0.565 bits per heavy atom. The van der Waals surface area contributed by atoms with Crippen molar-refractivity contribution in [2.75, 3.05) is 39.3 Å². The number of rotatable bonds is 10. The first kappa shape index (κ1) is 42.6. The highest BCUT2D eigenvalue weighted by atomic mass is 16.2. The van der Waals surface area contributed by atoms with Gasteiger partial charge in [0, 0.05) is 50.4 Å². The summed E-state index contributed by atoms with van der Waals surface area (Å²) in [6, 6.07) is 14.2. The number of carbonyl (C=O) groups excluding carboxylic acids is 4. The Bertz CT molecular complexity index is 2120. The lowest BCUT2D eigenvalue weighted by Gasteiger charge is -2.31. The van der Waals surface area contributed by atoms with E-state index in [1.807, 2.05) is 98.4 Å². The van der Waals surface area contributed by atoms with Crippen molar-refractivity contribution in [3.05, 3.63) is 83.7 Å². The third-order valence-electron chi connectivity index (χ3n) is 12.8. The van der Waals surface area contributed by atoms with Gasteiger partial charge in [-0.2, -0.15) is 0 Å². The number of hydrogen-bond acceptors (Lipinski definition) is 6. The molecule has 0 aliphatic carbocycles. The van der Waals surface area contributed by atoms with E-state index in [2.05, 4.69) is 32.4 Å². The molecule has 62 heavy (non-hydrogen) atoms. The smallest absolute Gasteiger partial charge is 0.318 e. The van der Waals surface area contributed by atoms with Crippen LogP contribution in [0.15, 0.2) is 60.9 Å². The second-order valence-corrected chi connectivity index (χ2v) is 17.9. The first-order valence-electron chi connectivity index (χ1n) is 22.6. The van der Waals surface area contributed by atoms with Crippen molar-refractivity contribution in [2.24, 2.45) is 11.8 Å². The first-order chi connectivity index (χ1) is 30.0. The van der Waals surface area contributed by atoms with Gasteiger partial charge in [-0.3, -0.25) is 9.59 Å². The van der Waals surface area contributed by atoms with Gasteiger partial charge in [0.15, 0.2) is 0 Å². The Morgan fingerprint density at radius 2 is 0.935 bits per heavy atom. The lowest BCUT2D eigenvalue weighted by atomic mass is 10.0. The highest BCUT2D eigenvalue weighted by Gasteiger charge is 2.39. The van der Waals surface area contributed by atoms with E-state index in [1.54, 1.807) is 9.80 Å². The van der Waals surface area contributed by atoms with Crippen molar-refractivity contribution >= 4 is 23.9 Å². The summed E-state index contributed by atoms with van der Waals surface area (Å²) < 4.78 is 0. The molecule has 326 valence electrons.